The van der Waals surface area contributed by atoms with E-state index in [0.29, 0.717) is 11.4 Å². The highest BCUT2D eigenvalue weighted by Crippen LogP contribution is 2.21. The second kappa shape index (κ2) is 5.93. The predicted molar refractivity (Wildman–Crippen MR) is 83.8 cm³/mol. The third-order valence-corrected chi connectivity index (χ3v) is 4.28. The molecule has 0 fully saturated rings. The molecule has 21 heavy (non-hydrogen) atoms. The van der Waals surface area contributed by atoms with Crippen molar-refractivity contribution in [1.82, 2.24) is 14.9 Å². The number of carbonyl (C=O) groups excluding carboxylic acids is 1. The highest BCUT2D eigenvalue weighted by atomic mass is 32.1. The number of aryl methyl sites for hydroxylation is 1. The summed E-state index contributed by atoms with van der Waals surface area (Å²) in [6.07, 6.45) is 3.84. The Bertz CT molecular complexity index is 732. The SMILES string of the molecule is Cc1nc(-n2cccc2)sc1C(=O)NCc1ccccc1. The van der Waals surface area contributed by atoms with Crippen LogP contribution in [0.3, 0.4) is 0 Å². The van der Waals surface area contributed by atoms with Crippen LogP contribution in [-0.4, -0.2) is 15.5 Å². The number of amides is 1. The topological polar surface area (TPSA) is 46.9 Å². The monoisotopic (exact) mass is 297 g/mol. The number of carbonyl (C=O) groups is 1. The minimum absolute atomic E-state index is 0.0766. The molecule has 0 atom stereocenters. The first-order valence-electron chi connectivity index (χ1n) is 6.67. The molecule has 3 aromatic rings. The third-order valence-electron chi connectivity index (χ3n) is 3.11. The maximum atomic E-state index is 12.3. The van der Waals surface area contributed by atoms with Crippen molar-refractivity contribution in [1.29, 1.82) is 0 Å². The summed E-state index contributed by atoms with van der Waals surface area (Å²) in [7, 11) is 0. The molecule has 0 saturated carbocycles. The summed E-state index contributed by atoms with van der Waals surface area (Å²) in [5.74, 6) is -0.0766. The molecule has 106 valence electrons. The number of rotatable bonds is 4. The van der Waals surface area contributed by atoms with Gasteiger partial charge in [0, 0.05) is 18.9 Å². The van der Waals surface area contributed by atoms with Gasteiger partial charge in [-0.15, -0.1) is 0 Å². The molecule has 0 spiro atoms. The molecule has 4 nitrogen and oxygen atoms in total. The van der Waals surface area contributed by atoms with Crippen LogP contribution in [0, 0.1) is 6.92 Å². The van der Waals surface area contributed by atoms with E-state index in [0.717, 1.165) is 16.4 Å². The van der Waals surface area contributed by atoms with Crippen LogP contribution in [0.5, 0.6) is 0 Å². The molecule has 1 amide bonds. The molecule has 0 saturated heterocycles. The van der Waals surface area contributed by atoms with E-state index in [1.165, 1.54) is 11.3 Å². The molecular weight excluding hydrogens is 282 g/mol. The van der Waals surface area contributed by atoms with Gasteiger partial charge < -0.3 is 9.88 Å². The second-order valence-corrected chi connectivity index (χ2v) is 5.65. The molecule has 5 heteroatoms. The Morgan fingerprint density at radius 2 is 1.90 bits per heavy atom. The fourth-order valence-corrected chi connectivity index (χ4v) is 2.97. The number of thiazole rings is 1. The zero-order chi connectivity index (χ0) is 14.7. The van der Waals surface area contributed by atoms with E-state index in [2.05, 4.69) is 10.3 Å². The van der Waals surface area contributed by atoms with Crippen LogP contribution in [0.25, 0.3) is 5.13 Å². The van der Waals surface area contributed by atoms with Crippen LogP contribution < -0.4 is 5.32 Å². The van der Waals surface area contributed by atoms with Gasteiger partial charge in [0.05, 0.1) is 5.69 Å². The van der Waals surface area contributed by atoms with E-state index in [4.69, 9.17) is 0 Å². The summed E-state index contributed by atoms with van der Waals surface area (Å²) in [5, 5.41) is 3.74. The normalized spacial score (nSPS) is 10.5. The molecule has 0 aliphatic carbocycles. The van der Waals surface area contributed by atoms with E-state index in [-0.39, 0.29) is 5.91 Å². The Hall–Kier alpha value is -2.40. The molecule has 0 radical (unpaired) electrons. The fraction of sp³-hybridized carbons (Fsp3) is 0.125. The van der Waals surface area contributed by atoms with Gasteiger partial charge in [-0.05, 0) is 24.6 Å². The lowest BCUT2D eigenvalue weighted by molar-refractivity contribution is 0.0954. The number of hydrogen-bond acceptors (Lipinski definition) is 3. The molecule has 0 bridgehead atoms. The summed E-state index contributed by atoms with van der Waals surface area (Å²) in [6.45, 7) is 2.39. The lowest BCUT2D eigenvalue weighted by atomic mass is 10.2. The van der Waals surface area contributed by atoms with E-state index in [9.17, 15) is 4.79 Å². The van der Waals surface area contributed by atoms with Crippen molar-refractivity contribution in [2.45, 2.75) is 13.5 Å². The number of benzene rings is 1. The predicted octanol–water partition coefficient (Wildman–Crippen LogP) is 3.17. The van der Waals surface area contributed by atoms with Gasteiger partial charge in [0.15, 0.2) is 5.13 Å². The summed E-state index contributed by atoms with van der Waals surface area (Å²) in [5.41, 5.74) is 1.84. The smallest absolute Gasteiger partial charge is 0.263 e. The van der Waals surface area contributed by atoms with Crippen molar-refractivity contribution in [3.05, 3.63) is 71.0 Å². The summed E-state index contributed by atoms with van der Waals surface area (Å²) in [4.78, 5) is 17.4. The van der Waals surface area contributed by atoms with Crippen LogP contribution in [0.1, 0.15) is 20.9 Å². The second-order valence-electron chi connectivity index (χ2n) is 4.67. The molecule has 2 heterocycles. The van der Waals surface area contributed by atoms with Gasteiger partial charge in [-0.2, -0.15) is 0 Å². The molecular formula is C16H15N3OS. The largest absolute Gasteiger partial charge is 0.347 e. The zero-order valence-electron chi connectivity index (χ0n) is 11.6. The standard InChI is InChI=1S/C16H15N3OS/c1-12-14(21-16(18-12)19-9-5-6-10-19)15(20)17-11-13-7-3-2-4-8-13/h2-10H,11H2,1H3,(H,17,20). The minimum atomic E-state index is -0.0766. The highest BCUT2D eigenvalue weighted by Gasteiger charge is 2.15. The lowest BCUT2D eigenvalue weighted by Gasteiger charge is -2.03. The molecule has 3 rings (SSSR count). The summed E-state index contributed by atoms with van der Waals surface area (Å²) in [6, 6.07) is 13.7. The molecule has 1 N–H and O–H groups in total. The quantitative estimate of drug-likeness (QED) is 0.804. The fourth-order valence-electron chi connectivity index (χ4n) is 2.02. The van der Waals surface area contributed by atoms with Gasteiger partial charge in [0.25, 0.3) is 5.91 Å². The van der Waals surface area contributed by atoms with Crippen molar-refractivity contribution in [2.75, 3.05) is 0 Å². The van der Waals surface area contributed by atoms with E-state index >= 15 is 0 Å². The first-order valence-corrected chi connectivity index (χ1v) is 7.48. The summed E-state index contributed by atoms with van der Waals surface area (Å²) < 4.78 is 1.91. The molecule has 1 aromatic carbocycles. The van der Waals surface area contributed by atoms with Gasteiger partial charge in [0.2, 0.25) is 0 Å². The Morgan fingerprint density at radius 3 is 2.62 bits per heavy atom. The maximum absolute atomic E-state index is 12.3. The van der Waals surface area contributed by atoms with Crippen LogP contribution in [0.4, 0.5) is 0 Å². The van der Waals surface area contributed by atoms with Gasteiger partial charge in [-0.25, -0.2) is 4.98 Å². The first-order chi connectivity index (χ1) is 10.2. The van der Waals surface area contributed by atoms with Crippen LogP contribution >= 0.6 is 11.3 Å². The average Bonchev–Trinajstić information content (AvgIpc) is 3.15. The van der Waals surface area contributed by atoms with Gasteiger partial charge in [-0.1, -0.05) is 41.7 Å². The zero-order valence-corrected chi connectivity index (χ0v) is 12.4. The molecule has 0 aliphatic heterocycles. The van der Waals surface area contributed by atoms with E-state index < -0.39 is 0 Å². The van der Waals surface area contributed by atoms with Crippen molar-refractivity contribution >= 4 is 17.2 Å². The van der Waals surface area contributed by atoms with Crippen LogP contribution in [0.15, 0.2) is 54.9 Å². The minimum Gasteiger partial charge on any atom is -0.347 e. The maximum Gasteiger partial charge on any atom is 0.263 e. The highest BCUT2D eigenvalue weighted by molar-refractivity contribution is 7.16. The number of nitrogens with one attached hydrogen (secondary N) is 1. The first kappa shape index (κ1) is 13.6. The van der Waals surface area contributed by atoms with Crippen molar-refractivity contribution in [2.24, 2.45) is 0 Å². The molecule has 2 aromatic heterocycles. The number of aromatic nitrogens is 2. The Balaban J connectivity index is 1.73. The van der Waals surface area contributed by atoms with Crippen LogP contribution in [0.2, 0.25) is 0 Å². The Labute approximate surface area is 127 Å². The lowest BCUT2D eigenvalue weighted by Crippen LogP contribution is -2.22. The van der Waals surface area contributed by atoms with Crippen LogP contribution in [-0.2, 0) is 6.54 Å². The van der Waals surface area contributed by atoms with Gasteiger partial charge in [0.1, 0.15) is 4.88 Å². The third kappa shape index (κ3) is 3.03. The Kier molecular flexibility index (Phi) is 3.83. The number of nitrogens with zero attached hydrogens (tertiary/aromatic N) is 2. The van der Waals surface area contributed by atoms with Gasteiger partial charge >= 0.3 is 0 Å². The summed E-state index contributed by atoms with van der Waals surface area (Å²) >= 11 is 1.40. The van der Waals surface area contributed by atoms with Crippen molar-refractivity contribution in [3.8, 4) is 5.13 Å². The number of hydrogen-bond donors (Lipinski definition) is 1. The van der Waals surface area contributed by atoms with E-state index in [1.54, 1.807) is 0 Å². The molecule has 0 aliphatic rings. The van der Waals surface area contributed by atoms with Gasteiger partial charge in [-0.3, -0.25) is 4.79 Å². The van der Waals surface area contributed by atoms with Crippen molar-refractivity contribution < 1.29 is 4.79 Å². The van der Waals surface area contributed by atoms with Crippen molar-refractivity contribution in [3.63, 3.8) is 0 Å². The molecule has 0 unspecified atom stereocenters. The van der Waals surface area contributed by atoms with E-state index in [1.807, 2.05) is 66.3 Å². The average molecular weight is 297 g/mol. The Morgan fingerprint density at radius 1 is 1.19 bits per heavy atom.